The fourth-order valence-corrected chi connectivity index (χ4v) is 4.32. The van der Waals surface area contributed by atoms with Crippen molar-refractivity contribution in [3.8, 4) is 0 Å². The van der Waals surface area contributed by atoms with E-state index in [1.54, 1.807) is 0 Å². The quantitative estimate of drug-likeness (QED) is 0.879. The van der Waals surface area contributed by atoms with Crippen LogP contribution in [0.15, 0.2) is 18.2 Å². The van der Waals surface area contributed by atoms with Crippen LogP contribution in [0.25, 0.3) is 10.9 Å². The molecule has 118 valence electrons. The molecule has 1 amide bonds. The van der Waals surface area contributed by atoms with E-state index in [-0.39, 0.29) is 10.7 Å². The van der Waals surface area contributed by atoms with Crippen molar-refractivity contribution in [1.29, 1.82) is 0 Å². The van der Waals surface area contributed by atoms with Crippen molar-refractivity contribution in [3.05, 3.63) is 35.0 Å². The third kappa shape index (κ3) is 2.37. The minimum Gasteiger partial charge on any atom is -0.358 e. The van der Waals surface area contributed by atoms with Crippen LogP contribution in [0.4, 0.5) is 0 Å². The lowest BCUT2D eigenvalue weighted by atomic mass is 10.1. The number of hydrogen-bond acceptors (Lipinski definition) is 2. The molecule has 4 nitrogen and oxygen atoms in total. The van der Waals surface area contributed by atoms with Crippen molar-refractivity contribution in [1.82, 2.24) is 9.88 Å². The first-order valence-corrected chi connectivity index (χ1v) is 8.89. The van der Waals surface area contributed by atoms with Gasteiger partial charge in [0.15, 0.2) is 0 Å². The molecule has 0 bridgehead atoms. The van der Waals surface area contributed by atoms with Gasteiger partial charge >= 0.3 is 0 Å². The average Bonchev–Trinajstić information content (AvgIpc) is 2.76. The average molecular weight is 318 g/mol. The van der Waals surface area contributed by atoms with Gasteiger partial charge in [0, 0.05) is 40.7 Å². The zero-order valence-electron chi connectivity index (χ0n) is 13.5. The first-order valence-electron chi connectivity index (χ1n) is 7.57. The maximum absolute atomic E-state index is 12.9. The van der Waals surface area contributed by atoms with E-state index in [9.17, 15) is 9.00 Å². The summed E-state index contributed by atoms with van der Waals surface area (Å²) in [4.78, 5) is 18.1. The molecule has 0 aliphatic carbocycles. The second kappa shape index (κ2) is 5.23. The molecule has 2 aromatic rings. The molecule has 22 heavy (non-hydrogen) atoms. The Balaban J connectivity index is 2.00. The maximum Gasteiger partial charge on any atom is 0.256 e. The van der Waals surface area contributed by atoms with Crippen molar-refractivity contribution >= 4 is 27.6 Å². The van der Waals surface area contributed by atoms with E-state index in [2.05, 4.69) is 11.9 Å². The molecule has 2 heterocycles. The largest absolute Gasteiger partial charge is 0.358 e. The lowest BCUT2D eigenvalue weighted by Gasteiger charge is -2.37. The first-order chi connectivity index (χ1) is 10.3. The van der Waals surface area contributed by atoms with Gasteiger partial charge in [-0.25, -0.2) is 0 Å². The van der Waals surface area contributed by atoms with Gasteiger partial charge in [0.2, 0.25) is 0 Å². The Bertz CT molecular complexity index is 776. The highest BCUT2D eigenvalue weighted by atomic mass is 32.2. The number of carbonyl (C=O) groups excluding carboxylic acids is 1. The van der Waals surface area contributed by atoms with E-state index in [4.69, 9.17) is 0 Å². The van der Waals surface area contributed by atoms with Crippen LogP contribution >= 0.6 is 0 Å². The first kappa shape index (κ1) is 15.3. The van der Waals surface area contributed by atoms with Crippen molar-refractivity contribution in [3.63, 3.8) is 0 Å². The standard InChI is InChI=1S/C17H22N2O2S/c1-11-12(2)18-15-13(11)6-5-7-14(15)16(20)19-8-9-22(21)17(3,4)10-19/h5-7,18H,8-10H2,1-4H3. The van der Waals surface area contributed by atoms with Gasteiger partial charge in [-0.05, 0) is 39.3 Å². The summed E-state index contributed by atoms with van der Waals surface area (Å²) < 4.78 is 11.7. The fourth-order valence-electron chi connectivity index (χ4n) is 3.08. The molecule has 1 aromatic heterocycles. The molecule has 1 fully saturated rings. The zero-order valence-corrected chi connectivity index (χ0v) is 14.3. The molecule has 0 saturated carbocycles. The Morgan fingerprint density at radius 1 is 1.32 bits per heavy atom. The number of aryl methyl sites for hydroxylation is 2. The number of nitrogens with one attached hydrogen (secondary N) is 1. The van der Waals surface area contributed by atoms with Crippen LogP contribution in [0.5, 0.6) is 0 Å². The number of amides is 1. The third-order valence-corrected chi connectivity index (χ3v) is 6.51. The highest BCUT2D eigenvalue weighted by Crippen LogP contribution is 2.27. The summed E-state index contributed by atoms with van der Waals surface area (Å²) in [6.07, 6.45) is 0. The number of aromatic amines is 1. The number of H-pyrrole nitrogens is 1. The summed E-state index contributed by atoms with van der Waals surface area (Å²) in [6, 6.07) is 5.85. The van der Waals surface area contributed by atoms with Crippen LogP contribution in [0.1, 0.15) is 35.5 Å². The van der Waals surface area contributed by atoms with Gasteiger partial charge in [0.05, 0.1) is 15.8 Å². The lowest BCUT2D eigenvalue weighted by Crippen LogP contribution is -2.52. The SMILES string of the molecule is Cc1[nH]c2c(C(=O)N3CCS(=O)C(C)(C)C3)cccc2c1C. The number of hydrogen-bond donors (Lipinski definition) is 1. The molecule has 1 aromatic carbocycles. The van der Waals surface area contributed by atoms with Gasteiger partial charge in [0.1, 0.15) is 0 Å². The molecule has 5 heteroatoms. The van der Waals surface area contributed by atoms with Crippen LogP contribution in [0, 0.1) is 13.8 Å². The Hall–Kier alpha value is -1.62. The van der Waals surface area contributed by atoms with Crippen LogP contribution in [0.2, 0.25) is 0 Å². The van der Waals surface area contributed by atoms with Gasteiger partial charge < -0.3 is 9.88 Å². The Kier molecular flexibility index (Phi) is 3.63. The summed E-state index contributed by atoms with van der Waals surface area (Å²) in [6.45, 7) is 9.11. The van der Waals surface area contributed by atoms with Crippen LogP contribution in [-0.4, -0.2) is 43.6 Å². The van der Waals surface area contributed by atoms with E-state index in [0.717, 1.165) is 16.6 Å². The molecule has 0 radical (unpaired) electrons. The second-order valence-electron chi connectivity index (χ2n) is 6.64. The van der Waals surface area contributed by atoms with Crippen molar-refractivity contribution in [2.45, 2.75) is 32.4 Å². The number of benzene rings is 1. The third-order valence-electron chi connectivity index (χ3n) is 4.60. The van der Waals surface area contributed by atoms with Crippen molar-refractivity contribution in [2.75, 3.05) is 18.8 Å². The number of para-hydroxylation sites is 1. The number of carbonyl (C=O) groups is 1. The molecular weight excluding hydrogens is 296 g/mol. The van der Waals surface area contributed by atoms with E-state index in [0.29, 0.717) is 24.4 Å². The molecular formula is C17H22N2O2S. The zero-order chi connectivity index (χ0) is 16.1. The molecule has 1 N–H and O–H groups in total. The molecule has 3 rings (SSSR count). The highest BCUT2D eigenvalue weighted by Gasteiger charge is 2.35. The molecule has 1 aliphatic heterocycles. The Morgan fingerprint density at radius 3 is 2.73 bits per heavy atom. The van der Waals surface area contributed by atoms with Crippen molar-refractivity contribution in [2.24, 2.45) is 0 Å². The minimum absolute atomic E-state index is 0.0247. The number of rotatable bonds is 1. The maximum atomic E-state index is 12.9. The number of aromatic nitrogens is 1. The highest BCUT2D eigenvalue weighted by molar-refractivity contribution is 7.86. The topological polar surface area (TPSA) is 53.2 Å². The van der Waals surface area contributed by atoms with Gasteiger partial charge in [0.25, 0.3) is 5.91 Å². The minimum atomic E-state index is -0.873. The fraction of sp³-hybridized carbons (Fsp3) is 0.471. The number of fused-ring (bicyclic) bond motifs is 1. The van der Waals surface area contributed by atoms with E-state index in [1.807, 2.05) is 43.9 Å². The van der Waals surface area contributed by atoms with Crippen LogP contribution < -0.4 is 0 Å². The van der Waals surface area contributed by atoms with E-state index < -0.39 is 10.8 Å². The second-order valence-corrected chi connectivity index (χ2v) is 8.84. The van der Waals surface area contributed by atoms with Gasteiger partial charge in [-0.15, -0.1) is 0 Å². The number of nitrogens with zero attached hydrogens (tertiary/aromatic N) is 1. The lowest BCUT2D eigenvalue weighted by molar-refractivity contribution is 0.0747. The molecule has 0 spiro atoms. The van der Waals surface area contributed by atoms with Gasteiger partial charge in [-0.1, -0.05) is 12.1 Å². The van der Waals surface area contributed by atoms with Crippen LogP contribution in [-0.2, 0) is 10.8 Å². The van der Waals surface area contributed by atoms with E-state index >= 15 is 0 Å². The molecule has 1 saturated heterocycles. The van der Waals surface area contributed by atoms with Crippen molar-refractivity contribution < 1.29 is 9.00 Å². The van der Waals surface area contributed by atoms with E-state index in [1.165, 1.54) is 5.56 Å². The summed E-state index contributed by atoms with van der Waals surface area (Å²) >= 11 is 0. The van der Waals surface area contributed by atoms with Crippen LogP contribution in [0.3, 0.4) is 0 Å². The summed E-state index contributed by atoms with van der Waals surface area (Å²) in [5.74, 6) is 0.578. The summed E-state index contributed by atoms with van der Waals surface area (Å²) in [5, 5.41) is 1.10. The van der Waals surface area contributed by atoms with Gasteiger partial charge in [-0.3, -0.25) is 9.00 Å². The van der Waals surface area contributed by atoms with Gasteiger partial charge in [-0.2, -0.15) is 0 Å². The molecule has 1 unspecified atom stereocenters. The summed E-state index contributed by atoms with van der Waals surface area (Å²) in [5.41, 5.74) is 3.89. The molecule has 1 atom stereocenters. The summed E-state index contributed by atoms with van der Waals surface area (Å²) in [7, 11) is -0.873. The molecule has 1 aliphatic rings. The Labute approximate surface area is 133 Å². The monoisotopic (exact) mass is 318 g/mol. The Morgan fingerprint density at radius 2 is 2.05 bits per heavy atom. The predicted octanol–water partition coefficient (Wildman–Crippen LogP) is 2.77. The predicted molar refractivity (Wildman–Crippen MR) is 90.8 cm³/mol. The normalized spacial score (nSPS) is 21.3. The smallest absolute Gasteiger partial charge is 0.256 e.